The third-order valence-corrected chi connectivity index (χ3v) is 5.35. The molecule has 2 aromatic carbocycles. The van der Waals surface area contributed by atoms with Crippen molar-refractivity contribution in [2.45, 2.75) is 32.1 Å². The molecule has 3 heteroatoms. The molecule has 0 heterocycles. The van der Waals surface area contributed by atoms with Crippen LogP contribution in [0.1, 0.15) is 22.3 Å². The van der Waals surface area contributed by atoms with E-state index >= 15 is 0 Å². The normalized spacial score (nSPS) is 11.2. The molecule has 0 amide bonds. The second kappa shape index (κ2) is 7.41. The molecule has 0 saturated heterocycles. The fourth-order valence-corrected chi connectivity index (χ4v) is 3.46. The van der Waals surface area contributed by atoms with Gasteiger partial charge in [0.2, 0.25) is 0 Å². The van der Waals surface area contributed by atoms with Crippen molar-refractivity contribution >= 4 is 13.9 Å². The minimum Gasteiger partial charge on any atom is -0.494 e. The van der Waals surface area contributed by atoms with Crippen LogP contribution in [0.3, 0.4) is 0 Å². The minimum atomic E-state index is -0.981. The molecule has 0 atom stereocenters. The predicted octanol–water partition coefficient (Wildman–Crippen LogP) is 5.02. The summed E-state index contributed by atoms with van der Waals surface area (Å²) in [5, 5.41) is 0. The van der Waals surface area contributed by atoms with E-state index in [4.69, 9.17) is 4.74 Å². The number of carbonyl (C=O) groups excluding carboxylic acids is 1. The second-order valence-electron chi connectivity index (χ2n) is 6.73. The summed E-state index contributed by atoms with van der Waals surface area (Å²) in [7, 11) is -0.981. The zero-order chi connectivity index (χ0) is 16.0. The summed E-state index contributed by atoms with van der Waals surface area (Å²) < 4.78 is 5.75. The monoisotopic (exact) mass is 312 g/mol. The Hall–Kier alpha value is -1.87. The molecule has 0 saturated carbocycles. The van der Waals surface area contributed by atoms with Crippen LogP contribution in [0.5, 0.6) is 5.75 Å². The van der Waals surface area contributed by atoms with Crippen LogP contribution in [0.15, 0.2) is 54.6 Å². The number of hydrogen-bond donors (Lipinski definition) is 0. The Kier molecular flexibility index (Phi) is 5.55. The quantitative estimate of drug-likeness (QED) is 0.407. The molecule has 0 radical (unpaired) electrons. The lowest BCUT2D eigenvalue weighted by molar-refractivity contribution is 0.103. The lowest BCUT2D eigenvalue weighted by Crippen LogP contribution is -2.19. The lowest BCUT2D eigenvalue weighted by atomic mass is 10.0. The van der Waals surface area contributed by atoms with Gasteiger partial charge in [-0.25, -0.2) is 0 Å². The van der Waals surface area contributed by atoms with Gasteiger partial charge < -0.3 is 4.74 Å². The van der Waals surface area contributed by atoms with Gasteiger partial charge in [0.05, 0.1) is 6.61 Å². The van der Waals surface area contributed by atoms with Crippen LogP contribution in [0, 0.1) is 0 Å². The number of ketones is 1. The Balaban J connectivity index is 1.89. The van der Waals surface area contributed by atoms with E-state index in [-0.39, 0.29) is 5.78 Å². The molecule has 2 rings (SSSR count). The van der Waals surface area contributed by atoms with Crippen molar-refractivity contribution in [3.05, 3.63) is 65.7 Å². The minimum absolute atomic E-state index is 0.0471. The van der Waals surface area contributed by atoms with Crippen molar-refractivity contribution in [2.75, 3.05) is 6.61 Å². The van der Waals surface area contributed by atoms with Crippen molar-refractivity contribution in [1.29, 1.82) is 0 Å². The first-order valence-electron chi connectivity index (χ1n) is 7.78. The van der Waals surface area contributed by atoms with Crippen LogP contribution in [0.4, 0.5) is 0 Å². The van der Waals surface area contributed by atoms with E-state index in [1.807, 2.05) is 54.6 Å². The van der Waals surface area contributed by atoms with Gasteiger partial charge in [0.1, 0.15) is 5.75 Å². The Morgan fingerprint density at radius 1 is 0.909 bits per heavy atom. The topological polar surface area (TPSA) is 26.3 Å². The summed E-state index contributed by atoms with van der Waals surface area (Å²) in [5.74, 6) is 0.881. The third-order valence-electron chi connectivity index (χ3n) is 3.49. The highest BCUT2D eigenvalue weighted by Gasteiger charge is 2.12. The Labute approximate surface area is 134 Å². The van der Waals surface area contributed by atoms with Crippen LogP contribution >= 0.6 is 0 Å². The van der Waals surface area contributed by atoms with Crippen LogP contribution in [-0.2, 0) is 0 Å². The smallest absolute Gasteiger partial charge is 0.193 e. The second-order valence-corrected chi connectivity index (χ2v) is 12.4. The van der Waals surface area contributed by atoms with Crippen LogP contribution in [-0.4, -0.2) is 20.5 Å². The molecule has 0 bridgehead atoms. The molecule has 0 spiro atoms. The predicted molar refractivity (Wildman–Crippen MR) is 94.6 cm³/mol. The summed E-state index contributed by atoms with van der Waals surface area (Å²) in [4.78, 5) is 12.3. The van der Waals surface area contributed by atoms with Crippen molar-refractivity contribution in [3.63, 3.8) is 0 Å². The fraction of sp³-hybridized carbons (Fsp3) is 0.316. The highest BCUT2D eigenvalue weighted by Crippen LogP contribution is 2.17. The molecule has 0 aromatic heterocycles. The number of benzene rings is 2. The maximum atomic E-state index is 12.3. The third kappa shape index (κ3) is 5.15. The van der Waals surface area contributed by atoms with E-state index in [0.29, 0.717) is 11.1 Å². The van der Waals surface area contributed by atoms with E-state index in [0.717, 1.165) is 18.8 Å². The molecule has 116 valence electrons. The first-order valence-corrected chi connectivity index (χ1v) is 11.5. The summed E-state index contributed by atoms with van der Waals surface area (Å²) in [6.45, 7) is 7.86. The first-order chi connectivity index (χ1) is 10.5. The lowest BCUT2D eigenvalue weighted by Gasteiger charge is -2.15. The average Bonchev–Trinajstić information content (AvgIpc) is 2.51. The Morgan fingerprint density at radius 3 is 2.09 bits per heavy atom. The highest BCUT2D eigenvalue weighted by molar-refractivity contribution is 6.76. The van der Waals surface area contributed by atoms with Crippen LogP contribution < -0.4 is 4.74 Å². The van der Waals surface area contributed by atoms with Gasteiger partial charge in [0.15, 0.2) is 5.78 Å². The molecule has 0 aliphatic rings. The largest absolute Gasteiger partial charge is 0.494 e. The van der Waals surface area contributed by atoms with Crippen molar-refractivity contribution < 1.29 is 9.53 Å². The SMILES string of the molecule is C[Si](C)(C)CCCOc1ccc(C(=O)c2ccccc2)cc1. The van der Waals surface area contributed by atoms with E-state index < -0.39 is 8.07 Å². The van der Waals surface area contributed by atoms with Crippen LogP contribution in [0.2, 0.25) is 25.7 Å². The summed E-state index contributed by atoms with van der Waals surface area (Å²) in [6, 6.07) is 18.0. The van der Waals surface area contributed by atoms with Gasteiger partial charge in [-0.1, -0.05) is 56.0 Å². The molecular weight excluding hydrogens is 288 g/mol. The molecule has 2 aromatic rings. The van der Waals surface area contributed by atoms with Gasteiger partial charge in [-0.3, -0.25) is 4.79 Å². The van der Waals surface area contributed by atoms with Crippen molar-refractivity contribution in [1.82, 2.24) is 0 Å². The molecule has 0 aliphatic carbocycles. The fourth-order valence-electron chi connectivity index (χ4n) is 2.25. The summed E-state index contributed by atoms with van der Waals surface area (Å²) in [6.07, 6.45) is 1.10. The highest BCUT2D eigenvalue weighted by atomic mass is 28.3. The maximum absolute atomic E-state index is 12.3. The van der Waals surface area contributed by atoms with Gasteiger partial charge in [0.25, 0.3) is 0 Å². The Bertz CT molecular complexity index is 598. The van der Waals surface area contributed by atoms with Crippen LogP contribution in [0.25, 0.3) is 0 Å². The van der Waals surface area contributed by atoms with E-state index in [9.17, 15) is 4.79 Å². The van der Waals surface area contributed by atoms with Gasteiger partial charge in [-0.15, -0.1) is 0 Å². The number of hydrogen-bond acceptors (Lipinski definition) is 2. The Morgan fingerprint density at radius 2 is 1.50 bits per heavy atom. The number of ether oxygens (including phenoxy) is 1. The molecule has 0 N–H and O–H groups in total. The summed E-state index contributed by atoms with van der Waals surface area (Å²) in [5.41, 5.74) is 1.41. The maximum Gasteiger partial charge on any atom is 0.193 e. The van der Waals surface area contributed by atoms with Crippen molar-refractivity contribution in [2.24, 2.45) is 0 Å². The molecule has 2 nitrogen and oxygen atoms in total. The molecule has 22 heavy (non-hydrogen) atoms. The van der Waals surface area contributed by atoms with E-state index in [1.54, 1.807) is 0 Å². The first kappa shape index (κ1) is 16.5. The molecule has 0 aliphatic heterocycles. The molecular formula is C19H24O2Si. The van der Waals surface area contributed by atoms with Gasteiger partial charge in [0, 0.05) is 19.2 Å². The molecule has 0 unspecified atom stereocenters. The van der Waals surface area contributed by atoms with Gasteiger partial charge in [-0.2, -0.15) is 0 Å². The summed E-state index contributed by atoms with van der Waals surface area (Å²) >= 11 is 0. The average molecular weight is 312 g/mol. The van der Waals surface area contributed by atoms with E-state index in [1.165, 1.54) is 6.04 Å². The number of rotatable bonds is 7. The zero-order valence-corrected chi connectivity index (χ0v) is 14.6. The van der Waals surface area contributed by atoms with Gasteiger partial charge in [-0.05, 0) is 30.7 Å². The number of carbonyl (C=O) groups is 1. The van der Waals surface area contributed by atoms with Crippen molar-refractivity contribution in [3.8, 4) is 5.75 Å². The van der Waals surface area contributed by atoms with E-state index in [2.05, 4.69) is 19.6 Å². The zero-order valence-electron chi connectivity index (χ0n) is 13.6. The standard InChI is InChI=1S/C19H24O2Si/c1-22(2,3)15-7-14-21-18-12-10-17(11-13-18)19(20)16-8-5-4-6-9-16/h4-6,8-13H,7,14-15H2,1-3H3. The van der Waals surface area contributed by atoms with Gasteiger partial charge >= 0.3 is 0 Å². The molecule has 0 fully saturated rings.